The molecule has 7 heteroatoms. The van der Waals surface area contributed by atoms with Gasteiger partial charge in [0.2, 0.25) is 5.89 Å². The van der Waals surface area contributed by atoms with E-state index in [1.54, 1.807) is 6.20 Å². The van der Waals surface area contributed by atoms with Gasteiger partial charge in [0.05, 0.1) is 12.6 Å². The minimum absolute atomic E-state index is 0.0551. The first-order valence-corrected chi connectivity index (χ1v) is 8.78. The molecule has 1 aliphatic rings. The van der Waals surface area contributed by atoms with Crippen LogP contribution in [0.25, 0.3) is 0 Å². The van der Waals surface area contributed by atoms with Crippen molar-refractivity contribution in [3.8, 4) is 0 Å². The van der Waals surface area contributed by atoms with E-state index in [1.165, 1.54) is 0 Å². The molecule has 0 radical (unpaired) electrons. The van der Waals surface area contributed by atoms with Crippen LogP contribution in [-0.4, -0.2) is 39.2 Å². The lowest BCUT2D eigenvalue weighted by molar-refractivity contribution is 0.0466. The van der Waals surface area contributed by atoms with E-state index in [-0.39, 0.29) is 18.0 Å². The topological polar surface area (TPSA) is 78.0 Å². The highest BCUT2D eigenvalue weighted by atomic mass is 16.5. The Morgan fingerprint density at radius 1 is 1.29 bits per heavy atom. The molecule has 2 aromatic heterocycles. The second-order valence-corrected chi connectivity index (χ2v) is 6.87. The van der Waals surface area contributed by atoms with Crippen LogP contribution >= 0.6 is 0 Å². The standard InChI is InChI=1S/C17H27N5O2/c1-12(2)16-20-17(24-21-16)15(14-5-9-23-10-6-14)19-13(3)11-22-8-4-7-18-22/h4,7-8,12-15,19H,5-6,9-11H2,1-3H3/t13-,15-/m1/s1. The summed E-state index contributed by atoms with van der Waals surface area (Å²) in [6, 6.07) is 2.24. The Kier molecular flexibility index (Phi) is 5.63. The van der Waals surface area contributed by atoms with Crippen molar-refractivity contribution < 1.29 is 9.26 Å². The van der Waals surface area contributed by atoms with Crippen LogP contribution in [-0.2, 0) is 11.3 Å². The lowest BCUT2D eigenvalue weighted by Gasteiger charge is -2.30. The van der Waals surface area contributed by atoms with Crippen LogP contribution in [0.2, 0.25) is 0 Å². The monoisotopic (exact) mass is 333 g/mol. The van der Waals surface area contributed by atoms with Crippen molar-refractivity contribution >= 4 is 0 Å². The van der Waals surface area contributed by atoms with Crippen molar-refractivity contribution in [2.45, 2.75) is 58.2 Å². The molecule has 2 aromatic rings. The van der Waals surface area contributed by atoms with Crippen molar-refractivity contribution in [2.24, 2.45) is 5.92 Å². The van der Waals surface area contributed by atoms with Gasteiger partial charge >= 0.3 is 0 Å². The van der Waals surface area contributed by atoms with Crippen molar-refractivity contribution in [3.05, 3.63) is 30.2 Å². The number of nitrogens with one attached hydrogen (secondary N) is 1. The van der Waals surface area contributed by atoms with Crippen molar-refractivity contribution in [2.75, 3.05) is 13.2 Å². The molecule has 24 heavy (non-hydrogen) atoms. The fourth-order valence-corrected chi connectivity index (χ4v) is 3.11. The van der Waals surface area contributed by atoms with E-state index in [0.29, 0.717) is 11.8 Å². The third-order valence-electron chi connectivity index (χ3n) is 4.46. The van der Waals surface area contributed by atoms with Crippen LogP contribution in [0.15, 0.2) is 23.0 Å². The molecule has 3 rings (SSSR count). The number of hydrogen-bond donors (Lipinski definition) is 1. The Morgan fingerprint density at radius 2 is 2.08 bits per heavy atom. The first kappa shape index (κ1) is 17.1. The maximum Gasteiger partial charge on any atom is 0.244 e. The Morgan fingerprint density at radius 3 is 2.71 bits per heavy atom. The SMILES string of the molecule is CC(C)c1noc([C@H](N[C@H](C)Cn2cccn2)C2CCOCC2)n1. The maximum atomic E-state index is 5.59. The molecule has 1 fully saturated rings. The Labute approximate surface area is 142 Å². The van der Waals surface area contributed by atoms with Gasteiger partial charge in [0.1, 0.15) is 0 Å². The predicted octanol–water partition coefficient (Wildman–Crippen LogP) is 2.54. The van der Waals surface area contributed by atoms with Crippen LogP contribution in [0.3, 0.4) is 0 Å². The molecule has 3 heterocycles. The quantitative estimate of drug-likeness (QED) is 0.839. The molecule has 7 nitrogen and oxygen atoms in total. The average molecular weight is 333 g/mol. The molecule has 0 unspecified atom stereocenters. The van der Waals surface area contributed by atoms with Crippen molar-refractivity contribution in [1.29, 1.82) is 0 Å². The summed E-state index contributed by atoms with van der Waals surface area (Å²) in [5.74, 6) is 2.17. The predicted molar refractivity (Wildman–Crippen MR) is 89.5 cm³/mol. The zero-order valence-electron chi connectivity index (χ0n) is 14.7. The van der Waals surface area contributed by atoms with Crippen LogP contribution in [0.5, 0.6) is 0 Å². The summed E-state index contributed by atoms with van der Waals surface area (Å²) in [5, 5.41) is 12.1. The summed E-state index contributed by atoms with van der Waals surface area (Å²) < 4.78 is 13.0. The van der Waals surface area contributed by atoms with E-state index < -0.39 is 0 Å². The number of ether oxygens (including phenoxy) is 1. The highest BCUT2D eigenvalue weighted by Crippen LogP contribution is 2.30. The van der Waals surface area contributed by atoms with Gasteiger partial charge in [0.25, 0.3) is 0 Å². The fourth-order valence-electron chi connectivity index (χ4n) is 3.11. The lowest BCUT2D eigenvalue weighted by Crippen LogP contribution is -2.39. The molecule has 1 aliphatic heterocycles. The van der Waals surface area contributed by atoms with E-state index in [1.807, 2.05) is 16.9 Å². The maximum absolute atomic E-state index is 5.59. The number of rotatable bonds is 7. The third-order valence-corrected chi connectivity index (χ3v) is 4.46. The summed E-state index contributed by atoms with van der Waals surface area (Å²) in [6.45, 7) is 8.70. The van der Waals surface area contributed by atoms with E-state index in [0.717, 1.165) is 38.4 Å². The van der Waals surface area contributed by atoms with Gasteiger partial charge in [-0.05, 0) is 31.7 Å². The third kappa shape index (κ3) is 4.21. The lowest BCUT2D eigenvalue weighted by atomic mass is 9.91. The summed E-state index contributed by atoms with van der Waals surface area (Å²) in [5.41, 5.74) is 0. The van der Waals surface area contributed by atoms with Gasteiger partial charge < -0.3 is 14.6 Å². The molecule has 2 atom stereocenters. The molecule has 0 amide bonds. The largest absolute Gasteiger partial charge is 0.381 e. The summed E-state index contributed by atoms with van der Waals surface area (Å²) in [7, 11) is 0. The van der Waals surface area contributed by atoms with Gasteiger partial charge in [0, 0.05) is 37.6 Å². The van der Waals surface area contributed by atoms with Gasteiger partial charge in [-0.3, -0.25) is 4.68 Å². The Balaban J connectivity index is 1.73. The van der Waals surface area contributed by atoms with Crippen LogP contribution in [0, 0.1) is 5.92 Å². The van der Waals surface area contributed by atoms with Crippen LogP contribution < -0.4 is 5.32 Å². The van der Waals surface area contributed by atoms with Gasteiger partial charge in [-0.2, -0.15) is 10.1 Å². The van der Waals surface area contributed by atoms with E-state index in [4.69, 9.17) is 9.26 Å². The molecule has 132 valence electrons. The molecule has 0 bridgehead atoms. The number of hydrogen-bond acceptors (Lipinski definition) is 6. The fraction of sp³-hybridized carbons (Fsp3) is 0.706. The Hall–Kier alpha value is -1.73. The van der Waals surface area contributed by atoms with Crippen molar-refractivity contribution in [1.82, 2.24) is 25.2 Å². The van der Waals surface area contributed by atoms with Gasteiger partial charge in [-0.1, -0.05) is 19.0 Å². The molecule has 1 saturated heterocycles. The highest BCUT2D eigenvalue weighted by molar-refractivity contribution is 4.99. The van der Waals surface area contributed by atoms with Crippen LogP contribution in [0.1, 0.15) is 57.3 Å². The second-order valence-electron chi connectivity index (χ2n) is 6.87. The zero-order valence-corrected chi connectivity index (χ0v) is 14.7. The van der Waals surface area contributed by atoms with Gasteiger partial charge in [0.15, 0.2) is 5.82 Å². The first-order valence-electron chi connectivity index (χ1n) is 8.78. The van der Waals surface area contributed by atoms with Crippen LogP contribution in [0.4, 0.5) is 0 Å². The summed E-state index contributed by atoms with van der Waals surface area (Å²) in [6.07, 6.45) is 5.79. The average Bonchev–Trinajstić information content (AvgIpc) is 3.25. The Bertz CT molecular complexity index is 604. The highest BCUT2D eigenvalue weighted by Gasteiger charge is 2.31. The first-order chi connectivity index (χ1) is 11.6. The van der Waals surface area contributed by atoms with Gasteiger partial charge in [-0.25, -0.2) is 0 Å². The second kappa shape index (κ2) is 7.90. The smallest absolute Gasteiger partial charge is 0.244 e. The van der Waals surface area contributed by atoms with E-state index in [2.05, 4.69) is 41.3 Å². The number of aromatic nitrogens is 4. The minimum Gasteiger partial charge on any atom is -0.381 e. The molecule has 0 saturated carbocycles. The molecular weight excluding hydrogens is 306 g/mol. The summed E-state index contributed by atoms with van der Waals surface area (Å²) in [4.78, 5) is 4.63. The molecular formula is C17H27N5O2. The normalized spacial score (nSPS) is 18.8. The minimum atomic E-state index is 0.0551. The molecule has 0 spiro atoms. The van der Waals surface area contributed by atoms with E-state index in [9.17, 15) is 0 Å². The number of nitrogens with zero attached hydrogens (tertiary/aromatic N) is 4. The van der Waals surface area contributed by atoms with Gasteiger partial charge in [-0.15, -0.1) is 0 Å². The molecule has 0 aliphatic carbocycles. The van der Waals surface area contributed by atoms with E-state index >= 15 is 0 Å². The summed E-state index contributed by atoms with van der Waals surface area (Å²) >= 11 is 0. The zero-order chi connectivity index (χ0) is 16.9. The molecule has 1 N–H and O–H groups in total. The molecule has 0 aromatic carbocycles. The van der Waals surface area contributed by atoms with Crippen molar-refractivity contribution in [3.63, 3.8) is 0 Å².